The number of nitrogens with one attached hydrogen (secondary N) is 3. The molecule has 3 N–H and O–H groups in total. The summed E-state index contributed by atoms with van der Waals surface area (Å²) >= 11 is 12.1. The van der Waals surface area contributed by atoms with Gasteiger partial charge in [-0.05, 0) is 45.2 Å². The van der Waals surface area contributed by atoms with Crippen LogP contribution in [0.25, 0.3) is 0 Å². The summed E-state index contributed by atoms with van der Waals surface area (Å²) in [6.07, 6.45) is 3.08. The molecule has 5 nitrogen and oxygen atoms in total. The van der Waals surface area contributed by atoms with Gasteiger partial charge >= 0.3 is 6.03 Å². The number of hydrogen-bond donors (Lipinski definition) is 3. The number of carbonyl (C=O) groups excluding carboxylic acids is 1. The Morgan fingerprint density at radius 2 is 1.77 bits per heavy atom. The van der Waals surface area contributed by atoms with E-state index in [2.05, 4.69) is 10.6 Å². The molecule has 0 aromatic heterocycles. The van der Waals surface area contributed by atoms with Crippen molar-refractivity contribution in [3.05, 3.63) is 28.2 Å². The molecule has 1 heterocycles. The molecule has 0 aliphatic carbocycles. The minimum Gasteiger partial charge on any atom is -0.324 e. The first-order chi connectivity index (χ1) is 10.4. The third-order valence-corrected chi connectivity index (χ3v) is 4.50. The molecule has 0 saturated carbocycles. The van der Waals surface area contributed by atoms with Gasteiger partial charge in [-0.2, -0.15) is 0 Å². The van der Waals surface area contributed by atoms with E-state index in [1.54, 1.807) is 23.1 Å². The van der Waals surface area contributed by atoms with Crippen molar-refractivity contribution in [1.29, 1.82) is 5.41 Å². The molecule has 1 saturated heterocycles. The number of piperidine rings is 1. The van der Waals surface area contributed by atoms with E-state index in [1.165, 1.54) is 0 Å². The lowest BCUT2D eigenvalue weighted by atomic mass is 9.98. The molecule has 2 rings (SSSR count). The highest BCUT2D eigenvalue weighted by Crippen LogP contribution is 2.29. The molecular formula is C15H20Cl2N4O. The number of para-hydroxylation sites is 1. The Morgan fingerprint density at radius 1 is 1.23 bits per heavy atom. The zero-order valence-corrected chi connectivity index (χ0v) is 14.1. The lowest BCUT2D eigenvalue weighted by Crippen LogP contribution is -2.53. The highest BCUT2D eigenvalue weighted by Gasteiger charge is 2.29. The van der Waals surface area contributed by atoms with Crippen LogP contribution >= 0.6 is 23.2 Å². The first-order valence-electron chi connectivity index (χ1n) is 7.29. The van der Waals surface area contributed by atoms with E-state index in [1.807, 2.05) is 13.8 Å². The van der Waals surface area contributed by atoms with E-state index in [0.717, 1.165) is 19.3 Å². The van der Waals surface area contributed by atoms with E-state index < -0.39 is 0 Å². The summed E-state index contributed by atoms with van der Waals surface area (Å²) in [6.45, 7) is 4.05. The van der Waals surface area contributed by atoms with E-state index in [-0.39, 0.29) is 24.1 Å². The van der Waals surface area contributed by atoms with Crippen LogP contribution in [-0.4, -0.2) is 29.0 Å². The highest BCUT2D eigenvalue weighted by molar-refractivity contribution is 6.39. The van der Waals surface area contributed by atoms with Crippen LogP contribution in [-0.2, 0) is 0 Å². The molecule has 7 heteroatoms. The third-order valence-electron chi connectivity index (χ3n) is 3.87. The number of anilines is 1. The second-order valence-corrected chi connectivity index (χ2v) is 6.38. The second kappa shape index (κ2) is 7.20. The second-order valence-electron chi connectivity index (χ2n) is 5.56. The van der Waals surface area contributed by atoms with Crippen LogP contribution < -0.4 is 10.6 Å². The van der Waals surface area contributed by atoms with Gasteiger partial charge in [0, 0.05) is 12.1 Å². The molecule has 0 bridgehead atoms. The third kappa shape index (κ3) is 3.84. The first-order valence-corrected chi connectivity index (χ1v) is 8.04. The Kier molecular flexibility index (Phi) is 5.53. The van der Waals surface area contributed by atoms with Gasteiger partial charge in [0.1, 0.15) is 0 Å². The largest absolute Gasteiger partial charge is 0.324 e. The molecule has 0 radical (unpaired) electrons. The molecule has 22 heavy (non-hydrogen) atoms. The summed E-state index contributed by atoms with van der Waals surface area (Å²) in [5.41, 5.74) is 0.413. The van der Waals surface area contributed by atoms with Crippen LogP contribution in [0, 0.1) is 5.41 Å². The van der Waals surface area contributed by atoms with Crippen molar-refractivity contribution in [3.63, 3.8) is 0 Å². The summed E-state index contributed by atoms with van der Waals surface area (Å²) < 4.78 is 0. The molecule has 1 fully saturated rings. The van der Waals surface area contributed by atoms with Crippen LogP contribution in [0.1, 0.15) is 33.1 Å². The molecule has 1 aliphatic heterocycles. The topological polar surface area (TPSA) is 68.2 Å². The first kappa shape index (κ1) is 16.9. The lowest BCUT2D eigenvalue weighted by molar-refractivity contribution is 0.127. The van der Waals surface area contributed by atoms with Crippen molar-refractivity contribution >= 4 is 40.9 Å². The summed E-state index contributed by atoms with van der Waals surface area (Å²) in [5.74, 6) is -0.148. The number of carbonyl (C=O) groups is 1. The maximum atomic E-state index is 12.4. The van der Waals surface area contributed by atoms with Gasteiger partial charge in [0.05, 0.1) is 15.7 Å². The van der Waals surface area contributed by atoms with Crippen LogP contribution in [0.5, 0.6) is 0 Å². The standard InChI is InChI=1S/C15H20Cl2N4O/c1-9-5-3-6-10(2)21(9)15(22)20-14(18)19-13-11(16)7-4-8-12(13)17/h4,7-10H,3,5-6H2,1-2H3,(H3,18,19,20,22). The van der Waals surface area contributed by atoms with E-state index >= 15 is 0 Å². The summed E-state index contributed by atoms with van der Waals surface area (Å²) in [4.78, 5) is 14.1. The van der Waals surface area contributed by atoms with Crippen LogP contribution in [0.15, 0.2) is 18.2 Å². The van der Waals surface area contributed by atoms with Crippen molar-refractivity contribution in [2.75, 3.05) is 5.32 Å². The van der Waals surface area contributed by atoms with E-state index in [0.29, 0.717) is 15.7 Å². The molecular weight excluding hydrogens is 323 g/mol. The highest BCUT2D eigenvalue weighted by atomic mass is 35.5. The average molecular weight is 343 g/mol. The molecule has 1 aromatic carbocycles. The monoisotopic (exact) mass is 342 g/mol. The zero-order valence-electron chi connectivity index (χ0n) is 12.6. The Morgan fingerprint density at radius 3 is 2.32 bits per heavy atom. The van der Waals surface area contributed by atoms with Crippen molar-refractivity contribution in [2.24, 2.45) is 0 Å². The summed E-state index contributed by atoms with van der Waals surface area (Å²) in [5, 5.41) is 14.0. The Labute approximate surface area is 140 Å². The van der Waals surface area contributed by atoms with Crippen LogP contribution in [0.4, 0.5) is 10.5 Å². The van der Waals surface area contributed by atoms with Crippen molar-refractivity contribution in [3.8, 4) is 0 Å². The number of halogens is 2. The number of nitrogens with zero attached hydrogens (tertiary/aromatic N) is 1. The fourth-order valence-electron chi connectivity index (χ4n) is 2.77. The maximum absolute atomic E-state index is 12.4. The number of likely N-dealkylation sites (tertiary alicyclic amines) is 1. The normalized spacial score (nSPS) is 21.4. The van der Waals surface area contributed by atoms with Crippen LogP contribution in [0.2, 0.25) is 10.0 Å². The Hall–Kier alpha value is -1.46. The number of amides is 2. The quantitative estimate of drug-likeness (QED) is 0.525. The predicted octanol–water partition coefficient (Wildman–Crippen LogP) is 4.31. The summed E-state index contributed by atoms with van der Waals surface area (Å²) in [7, 11) is 0. The van der Waals surface area contributed by atoms with Gasteiger partial charge in [-0.15, -0.1) is 0 Å². The van der Waals surface area contributed by atoms with E-state index in [9.17, 15) is 4.79 Å². The van der Waals surface area contributed by atoms with E-state index in [4.69, 9.17) is 28.6 Å². The predicted molar refractivity (Wildman–Crippen MR) is 91.0 cm³/mol. The van der Waals surface area contributed by atoms with Gasteiger partial charge < -0.3 is 10.2 Å². The minimum absolute atomic E-state index is 0.148. The van der Waals surface area contributed by atoms with Gasteiger partial charge in [-0.25, -0.2) is 4.79 Å². The maximum Gasteiger partial charge on any atom is 0.324 e. The smallest absolute Gasteiger partial charge is 0.324 e. The van der Waals surface area contributed by atoms with Crippen molar-refractivity contribution < 1.29 is 4.79 Å². The van der Waals surface area contributed by atoms with Gasteiger partial charge in [-0.3, -0.25) is 10.7 Å². The fraction of sp³-hybridized carbons (Fsp3) is 0.467. The van der Waals surface area contributed by atoms with Gasteiger partial charge in [0.15, 0.2) is 0 Å². The van der Waals surface area contributed by atoms with Crippen molar-refractivity contribution in [2.45, 2.75) is 45.2 Å². The summed E-state index contributed by atoms with van der Waals surface area (Å²) in [6, 6.07) is 5.11. The number of hydrogen-bond acceptors (Lipinski definition) is 2. The average Bonchev–Trinajstić information content (AvgIpc) is 2.43. The molecule has 120 valence electrons. The molecule has 0 spiro atoms. The molecule has 2 unspecified atom stereocenters. The molecule has 2 amide bonds. The van der Waals surface area contributed by atoms with Gasteiger partial charge in [0.25, 0.3) is 0 Å². The molecule has 1 aromatic rings. The Bertz CT molecular complexity index is 548. The number of rotatable bonds is 1. The fourth-order valence-corrected chi connectivity index (χ4v) is 3.26. The molecule has 2 atom stereocenters. The number of benzene rings is 1. The minimum atomic E-state index is -0.277. The van der Waals surface area contributed by atoms with Gasteiger partial charge in [0.2, 0.25) is 5.96 Å². The van der Waals surface area contributed by atoms with Crippen molar-refractivity contribution in [1.82, 2.24) is 10.2 Å². The number of urea groups is 1. The van der Waals surface area contributed by atoms with Crippen LogP contribution in [0.3, 0.4) is 0 Å². The SMILES string of the molecule is CC1CCCC(C)N1C(=O)NC(=N)Nc1c(Cl)cccc1Cl. The molecule has 1 aliphatic rings. The van der Waals surface area contributed by atoms with Gasteiger partial charge in [-0.1, -0.05) is 29.3 Å². The number of guanidine groups is 1. The Balaban J connectivity index is 2.01. The lowest BCUT2D eigenvalue weighted by Gasteiger charge is -2.38. The zero-order chi connectivity index (χ0) is 16.3.